The predicted octanol–water partition coefficient (Wildman–Crippen LogP) is 2.03. The third-order valence-corrected chi connectivity index (χ3v) is 3.44. The van der Waals surface area contributed by atoms with Crippen LogP contribution in [0.15, 0.2) is 24.3 Å². The summed E-state index contributed by atoms with van der Waals surface area (Å²) >= 11 is 0. The quantitative estimate of drug-likeness (QED) is 0.745. The largest absolute Gasteiger partial charge is 0.369 e. The molecule has 2 rings (SSSR count). The molecule has 0 aliphatic carbocycles. The van der Waals surface area contributed by atoms with Gasteiger partial charge in [0.2, 0.25) is 0 Å². The van der Waals surface area contributed by atoms with Crippen LogP contribution in [0.5, 0.6) is 0 Å². The Bertz CT molecular complexity index is 395. The fraction of sp³-hybridized carbons (Fsp3) is 0.500. The van der Waals surface area contributed by atoms with E-state index < -0.39 is 0 Å². The van der Waals surface area contributed by atoms with Gasteiger partial charge in [0.1, 0.15) is 0 Å². The van der Waals surface area contributed by atoms with E-state index in [4.69, 9.17) is 0 Å². The predicted molar refractivity (Wildman–Crippen MR) is 70.8 cm³/mol. The highest BCUT2D eigenvalue weighted by Gasteiger charge is 2.16. The third kappa shape index (κ3) is 2.86. The summed E-state index contributed by atoms with van der Waals surface area (Å²) in [6.45, 7) is 9.27. The normalized spacial score (nSPS) is 17.2. The molecule has 17 heavy (non-hydrogen) atoms. The van der Waals surface area contributed by atoms with E-state index in [0.29, 0.717) is 0 Å². The van der Waals surface area contributed by atoms with E-state index in [9.17, 15) is 4.79 Å². The topological polar surface area (TPSA) is 23.6 Å². The average Bonchev–Trinajstić information content (AvgIpc) is 2.39. The van der Waals surface area contributed by atoms with Gasteiger partial charge in [0.05, 0.1) is 0 Å². The summed E-state index contributed by atoms with van der Waals surface area (Å²) in [5.41, 5.74) is 1.98. The second-order valence-corrected chi connectivity index (χ2v) is 4.53. The molecule has 0 saturated carbocycles. The lowest BCUT2D eigenvalue weighted by Gasteiger charge is -2.35. The number of likely N-dealkylation sites (N-methyl/N-ethyl adjacent to an activating group) is 1. The first kappa shape index (κ1) is 12.1. The van der Waals surface area contributed by atoms with E-state index in [2.05, 4.69) is 22.8 Å². The van der Waals surface area contributed by atoms with E-state index in [0.717, 1.165) is 38.3 Å². The summed E-state index contributed by atoms with van der Waals surface area (Å²) in [5, 5.41) is 0. The molecule has 1 aliphatic rings. The summed E-state index contributed by atoms with van der Waals surface area (Å²) in [6.07, 6.45) is 0. The third-order valence-electron chi connectivity index (χ3n) is 3.44. The molecule has 1 aromatic rings. The van der Waals surface area contributed by atoms with Gasteiger partial charge in [-0.05, 0) is 25.6 Å². The van der Waals surface area contributed by atoms with Gasteiger partial charge in [-0.25, -0.2) is 0 Å². The fourth-order valence-electron chi connectivity index (χ4n) is 2.24. The molecule has 0 radical (unpaired) electrons. The van der Waals surface area contributed by atoms with E-state index in [1.54, 1.807) is 6.92 Å². The van der Waals surface area contributed by atoms with Gasteiger partial charge >= 0.3 is 0 Å². The summed E-state index contributed by atoms with van der Waals surface area (Å²) in [6, 6.07) is 7.95. The fourth-order valence-corrected chi connectivity index (χ4v) is 2.24. The van der Waals surface area contributed by atoms with Crippen LogP contribution in [0.4, 0.5) is 5.69 Å². The number of piperazine rings is 1. The number of hydrogen-bond acceptors (Lipinski definition) is 3. The number of benzene rings is 1. The van der Waals surface area contributed by atoms with Crippen molar-refractivity contribution in [3.05, 3.63) is 29.8 Å². The number of Topliss-reactive ketones (excluding diaryl/α,β-unsaturated/α-hetero) is 1. The highest BCUT2D eigenvalue weighted by Crippen LogP contribution is 2.18. The Morgan fingerprint density at radius 1 is 1.24 bits per heavy atom. The number of carbonyl (C=O) groups excluding carboxylic acids is 1. The zero-order valence-corrected chi connectivity index (χ0v) is 10.6. The first-order valence-corrected chi connectivity index (χ1v) is 6.29. The molecule has 1 aromatic carbocycles. The van der Waals surface area contributed by atoms with Crippen LogP contribution in [0.25, 0.3) is 0 Å². The van der Waals surface area contributed by atoms with Crippen molar-refractivity contribution in [3.63, 3.8) is 0 Å². The van der Waals surface area contributed by atoms with Crippen LogP contribution in [0, 0.1) is 0 Å². The van der Waals surface area contributed by atoms with Crippen LogP contribution >= 0.6 is 0 Å². The van der Waals surface area contributed by atoms with Gasteiger partial charge in [0.15, 0.2) is 5.78 Å². The van der Waals surface area contributed by atoms with Crippen molar-refractivity contribution in [2.45, 2.75) is 13.8 Å². The van der Waals surface area contributed by atoms with Crippen molar-refractivity contribution >= 4 is 11.5 Å². The summed E-state index contributed by atoms with van der Waals surface area (Å²) in [7, 11) is 0. The van der Waals surface area contributed by atoms with Gasteiger partial charge in [-0.3, -0.25) is 4.79 Å². The molecule has 3 heteroatoms. The average molecular weight is 232 g/mol. The minimum Gasteiger partial charge on any atom is -0.369 e. The SMILES string of the molecule is CCN1CCN(c2cccc(C(C)=O)c2)CC1. The van der Waals surface area contributed by atoms with E-state index in [1.807, 2.05) is 18.2 Å². The molecule has 1 fully saturated rings. The molecular weight excluding hydrogens is 212 g/mol. The van der Waals surface area contributed by atoms with Crippen molar-refractivity contribution in [1.29, 1.82) is 0 Å². The standard InChI is InChI=1S/C14H20N2O/c1-3-15-7-9-16(10-8-15)14-6-4-5-13(11-14)12(2)17/h4-6,11H,3,7-10H2,1-2H3. The van der Waals surface area contributed by atoms with Crippen molar-refractivity contribution in [1.82, 2.24) is 4.90 Å². The molecule has 0 unspecified atom stereocenters. The molecule has 0 aromatic heterocycles. The molecule has 92 valence electrons. The molecule has 0 bridgehead atoms. The number of ketones is 1. The van der Waals surface area contributed by atoms with E-state index in [-0.39, 0.29) is 5.78 Å². The monoisotopic (exact) mass is 232 g/mol. The molecule has 1 aliphatic heterocycles. The van der Waals surface area contributed by atoms with Gasteiger partial charge in [-0.1, -0.05) is 19.1 Å². The Balaban J connectivity index is 2.08. The van der Waals surface area contributed by atoms with Gasteiger partial charge in [-0.2, -0.15) is 0 Å². The first-order valence-electron chi connectivity index (χ1n) is 6.29. The number of nitrogens with zero attached hydrogens (tertiary/aromatic N) is 2. The van der Waals surface area contributed by atoms with E-state index in [1.165, 1.54) is 5.69 Å². The van der Waals surface area contributed by atoms with Crippen LogP contribution in [-0.4, -0.2) is 43.4 Å². The summed E-state index contributed by atoms with van der Waals surface area (Å²) in [4.78, 5) is 16.2. The first-order chi connectivity index (χ1) is 8.20. The Morgan fingerprint density at radius 3 is 2.53 bits per heavy atom. The van der Waals surface area contributed by atoms with Gasteiger partial charge in [0.25, 0.3) is 0 Å². The molecule has 0 N–H and O–H groups in total. The molecule has 1 saturated heterocycles. The highest BCUT2D eigenvalue weighted by molar-refractivity contribution is 5.94. The number of rotatable bonds is 3. The maximum atomic E-state index is 11.4. The van der Waals surface area contributed by atoms with Crippen LogP contribution in [-0.2, 0) is 0 Å². The maximum absolute atomic E-state index is 11.4. The zero-order valence-electron chi connectivity index (χ0n) is 10.6. The minimum atomic E-state index is 0.138. The Morgan fingerprint density at radius 2 is 1.94 bits per heavy atom. The minimum absolute atomic E-state index is 0.138. The summed E-state index contributed by atoms with van der Waals surface area (Å²) in [5.74, 6) is 0.138. The van der Waals surface area contributed by atoms with Gasteiger partial charge in [0, 0.05) is 37.4 Å². The van der Waals surface area contributed by atoms with Crippen LogP contribution in [0.1, 0.15) is 24.2 Å². The van der Waals surface area contributed by atoms with E-state index >= 15 is 0 Å². The number of hydrogen-bond donors (Lipinski definition) is 0. The van der Waals surface area contributed by atoms with Crippen molar-refractivity contribution < 1.29 is 4.79 Å². The smallest absolute Gasteiger partial charge is 0.159 e. The number of carbonyl (C=O) groups is 1. The maximum Gasteiger partial charge on any atom is 0.159 e. The molecule has 1 heterocycles. The second-order valence-electron chi connectivity index (χ2n) is 4.53. The molecular formula is C14H20N2O. The molecule has 0 atom stereocenters. The summed E-state index contributed by atoms with van der Waals surface area (Å²) < 4.78 is 0. The zero-order chi connectivity index (χ0) is 12.3. The van der Waals surface area contributed by atoms with Crippen molar-refractivity contribution in [2.24, 2.45) is 0 Å². The lowest BCUT2D eigenvalue weighted by molar-refractivity contribution is 0.101. The number of anilines is 1. The lowest BCUT2D eigenvalue weighted by Crippen LogP contribution is -2.46. The highest BCUT2D eigenvalue weighted by atomic mass is 16.1. The molecule has 3 nitrogen and oxygen atoms in total. The van der Waals surface area contributed by atoms with Crippen LogP contribution < -0.4 is 4.90 Å². The Kier molecular flexibility index (Phi) is 3.79. The second kappa shape index (κ2) is 5.32. The van der Waals surface area contributed by atoms with Gasteiger partial charge in [-0.15, -0.1) is 0 Å². The van der Waals surface area contributed by atoms with Crippen LogP contribution in [0.3, 0.4) is 0 Å². The Labute approximate surface area is 103 Å². The lowest BCUT2D eigenvalue weighted by atomic mass is 10.1. The van der Waals surface area contributed by atoms with Crippen molar-refractivity contribution in [3.8, 4) is 0 Å². The molecule has 0 spiro atoms. The Hall–Kier alpha value is -1.35. The van der Waals surface area contributed by atoms with Crippen LogP contribution in [0.2, 0.25) is 0 Å². The molecule has 0 amide bonds. The van der Waals surface area contributed by atoms with Crippen molar-refractivity contribution in [2.75, 3.05) is 37.6 Å². The van der Waals surface area contributed by atoms with Gasteiger partial charge < -0.3 is 9.80 Å².